The van der Waals surface area contributed by atoms with Crippen LogP contribution >= 0.6 is 0 Å². The van der Waals surface area contributed by atoms with Gasteiger partial charge in [-0.1, -0.05) is 11.3 Å². The number of anilines is 2. The first kappa shape index (κ1) is 24.1. The summed E-state index contributed by atoms with van der Waals surface area (Å²) in [5.41, 5.74) is 0.807. The zero-order valence-electron chi connectivity index (χ0n) is 19.2. The number of aryl methyl sites for hydroxylation is 1. The van der Waals surface area contributed by atoms with Crippen molar-refractivity contribution in [2.45, 2.75) is 20.0 Å². The Kier molecular flexibility index (Phi) is 7.04. The number of nitrogens with zero attached hydrogens (tertiary/aromatic N) is 8. The minimum atomic E-state index is -0.569. The Balaban J connectivity index is 1.23. The number of hydrogen-bond donors (Lipinski definition) is 2. The van der Waals surface area contributed by atoms with E-state index in [0.717, 1.165) is 0 Å². The number of nitrogens with one attached hydrogen (secondary N) is 2. The van der Waals surface area contributed by atoms with E-state index >= 15 is 0 Å². The largest absolute Gasteiger partial charge is 0.424 e. The fourth-order valence-corrected chi connectivity index (χ4v) is 3.64. The average molecular weight is 494 g/mol. The van der Waals surface area contributed by atoms with Crippen LogP contribution in [0.2, 0.25) is 0 Å². The molecule has 3 aromatic rings. The van der Waals surface area contributed by atoms with Crippen LogP contribution in [0.4, 0.5) is 22.1 Å². The maximum absolute atomic E-state index is 12.7. The average Bonchev–Trinajstić information content (AvgIpc) is 3.48. The molecule has 36 heavy (non-hydrogen) atoms. The van der Waals surface area contributed by atoms with Crippen LogP contribution in [0.5, 0.6) is 0 Å². The minimum Gasteiger partial charge on any atom is -0.424 e. The van der Waals surface area contributed by atoms with Crippen molar-refractivity contribution < 1.29 is 18.9 Å². The minimum absolute atomic E-state index is 0.0161. The molecule has 1 saturated heterocycles. The standard InChI is InChI=1S/C21H22N10O5/c1-14-24-18(10-22)20(36-14)29-7-5-28(6-8-29)19(32)13-30-12-16(26-27-30)11-23-21(33)25-15-3-2-4-17(9-15)31(34)35/h2-4,9,12H,5-8,11,13H2,1H3,(H2,23,25,33). The molecule has 0 aliphatic carbocycles. The van der Waals surface area contributed by atoms with Crippen LogP contribution in [0.1, 0.15) is 17.3 Å². The Labute approximate surface area is 204 Å². The van der Waals surface area contributed by atoms with Gasteiger partial charge in [0.2, 0.25) is 17.5 Å². The second-order valence-corrected chi connectivity index (χ2v) is 7.89. The SMILES string of the molecule is Cc1nc(C#N)c(N2CCN(C(=O)Cn3cc(CNC(=O)Nc4cccc([N+](=O)[O-])c4)nn3)CC2)o1. The molecule has 2 N–H and O–H groups in total. The van der Waals surface area contributed by atoms with Crippen molar-refractivity contribution in [3.63, 3.8) is 0 Å². The molecule has 0 spiro atoms. The second kappa shape index (κ2) is 10.5. The molecule has 1 fully saturated rings. The third-order valence-corrected chi connectivity index (χ3v) is 5.37. The van der Waals surface area contributed by atoms with Gasteiger partial charge in [0.05, 0.1) is 17.7 Å². The van der Waals surface area contributed by atoms with Crippen LogP contribution in [-0.2, 0) is 17.9 Å². The molecule has 1 aliphatic heterocycles. The summed E-state index contributed by atoms with van der Waals surface area (Å²) in [4.78, 5) is 42.7. The number of piperazine rings is 1. The monoisotopic (exact) mass is 494 g/mol. The first-order chi connectivity index (χ1) is 17.3. The van der Waals surface area contributed by atoms with E-state index in [2.05, 4.69) is 25.9 Å². The van der Waals surface area contributed by atoms with Gasteiger partial charge in [-0.15, -0.1) is 5.10 Å². The van der Waals surface area contributed by atoms with Crippen molar-refractivity contribution in [1.29, 1.82) is 5.26 Å². The van der Waals surface area contributed by atoms with E-state index in [4.69, 9.17) is 4.42 Å². The summed E-state index contributed by atoms with van der Waals surface area (Å²) >= 11 is 0. The Hall–Kier alpha value is -5.00. The van der Waals surface area contributed by atoms with E-state index in [1.807, 2.05) is 11.0 Å². The van der Waals surface area contributed by atoms with E-state index in [-0.39, 0.29) is 36.1 Å². The number of hydrogen-bond acceptors (Lipinski definition) is 10. The lowest BCUT2D eigenvalue weighted by molar-refractivity contribution is -0.384. The molecule has 3 amide bonds. The van der Waals surface area contributed by atoms with Crippen molar-refractivity contribution in [3.8, 4) is 6.07 Å². The Morgan fingerprint density at radius 3 is 2.78 bits per heavy atom. The Morgan fingerprint density at radius 2 is 2.06 bits per heavy atom. The summed E-state index contributed by atoms with van der Waals surface area (Å²) in [5.74, 6) is 0.694. The van der Waals surface area contributed by atoms with E-state index in [0.29, 0.717) is 43.6 Å². The second-order valence-electron chi connectivity index (χ2n) is 7.89. The van der Waals surface area contributed by atoms with Gasteiger partial charge in [0.25, 0.3) is 5.69 Å². The number of urea groups is 1. The first-order valence-corrected chi connectivity index (χ1v) is 10.9. The molecule has 0 radical (unpaired) electrons. The molecular weight excluding hydrogens is 472 g/mol. The number of non-ortho nitro benzene ring substituents is 1. The van der Waals surface area contributed by atoms with Crippen LogP contribution in [-0.4, -0.2) is 67.9 Å². The molecule has 15 nitrogen and oxygen atoms in total. The molecule has 0 bridgehead atoms. The van der Waals surface area contributed by atoms with Crippen molar-refractivity contribution in [2.24, 2.45) is 0 Å². The van der Waals surface area contributed by atoms with Crippen molar-refractivity contribution in [3.05, 3.63) is 57.9 Å². The molecule has 186 valence electrons. The highest BCUT2D eigenvalue weighted by atomic mass is 16.6. The van der Waals surface area contributed by atoms with Gasteiger partial charge in [-0.05, 0) is 6.07 Å². The van der Waals surface area contributed by atoms with Gasteiger partial charge in [0.1, 0.15) is 18.3 Å². The molecule has 0 unspecified atom stereocenters. The summed E-state index contributed by atoms with van der Waals surface area (Å²) in [6.45, 7) is 3.61. The summed E-state index contributed by atoms with van der Waals surface area (Å²) in [6, 6.07) is 7.02. The number of nitro benzene ring substituents is 1. The molecule has 15 heteroatoms. The number of nitriles is 1. The predicted octanol–water partition coefficient (Wildman–Crippen LogP) is 1.02. The molecule has 2 aromatic heterocycles. The van der Waals surface area contributed by atoms with Gasteiger partial charge < -0.3 is 24.9 Å². The zero-order chi connectivity index (χ0) is 25.7. The zero-order valence-corrected chi connectivity index (χ0v) is 19.2. The molecule has 0 atom stereocenters. The van der Waals surface area contributed by atoms with Gasteiger partial charge in [0, 0.05) is 50.9 Å². The highest BCUT2D eigenvalue weighted by molar-refractivity contribution is 5.89. The van der Waals surface area contributed by atoms with Crippen molar-refractivity contribution >= 4 is 29.2 Å². The number of carbonyl (C=O) groups is 2. The quantitative estimate of drug-likeness (QED) is 0.354. The number of amides is 3. The van der Waals surface area contributed by atoms with Crippen LogP contribution in [0.25, 0.3) is 0 Å². The summed E-state index contributed by atoms with van der Waals surface area (Å²) < 4.78 is 6.92. The van der Waals surface area contributed by atoms with Crippen molar-refractivity contribution in [2.75, 3.05) is 36.4 Å². The van der Waals surface area contributed by atoms with Crippen LogP contribution in [0.15, 0.2) is 34.9 Å². The van der Waals surface area contributed by atoms with Crippen LogP contribution in [0, 0.1) is 28.4 Å². The molecule has 1 aromatic carbocycles. The third-order valence-electron chi connectivity index (χ3n) is 5.37. The van der Waals surface area contributed by atoms with Gasteiger partial charge in [-0.2, -0.15) is 5.26 Å². The summed E-state index contributed by atoms with van der Waals surface area (Å²) in [6.07, 6.45) is 1.55. The van der Waals surface area contributed by atoms with E-state index < -0.39 is 11.0 Å². The molecule has 0 saturated carbocycles. The topological polar surface area (TPSA) is 188 Å². The Morgan fingerprint density at radius 1 is 1.28 bits per heavy atom. The summed E-state index contributed by atoms with van der Waals surface area (Å²) in [7, 11) is 0. The van der Waals surface area contributed by atoms with Crippen molar-refractivity contribution in [1.82, 2.24) is 30.2 Å². The van der Waals surface area contributed by atoms with Gasteiger partial charge in [-0.25, -0.2) is 14.5 Å². The molecular formula is C21H22N10O5. The number of benzene rings is 1. The van der Waals surface area contributed by atoms with Gasteiger partial charge in [0.15, 0.2) is 5.89 Å². The van der Waals surface area contributed by atoms with E-state index in [1.165, 1.54) is 28.9 Å². The molecule has 1 aliphatic rings. The van der Waals surface area contributed by atoms with Gasteiger partial charge in [-0.3, -0.25) is 14.9 Å². The van der Waals surface area contributed by atoms with Crippen LogP contribution < -0.4 is 15.5 Å². The lowest BCUT2D eigenvalue weighted by atomic mass is 10.3. The normalized spacial score (nSPS) is 13.2. The summed E-state index contributed by atoms with van der Waals surface area (Å²) in [5, 5.41) is 33.0. The number of nitro groups is 1. The van der Waals surface area contributed by atoms with Crippen LogP contribution in [0.3, 0.4) is 0 Å². The Bertz CT molecular complexity index is 1320. The number of rotatable bonds is 7. The van der Waals surface area contributed by atoms with E-state index in [1.54, 1.807) is 18.0 Å². The fraction of sp³-hybridized carbons (Fsp3) is 0.333. The lowest BCUT2D eigenvalue weighted by Crippen LogP contribution is -2.49. The molecule has 4 rings (SSSR count). The number of oxazole rings is 1. The molecule has 3 heterocycles. The van der Waals surface area contributed by atoms with Gasteiger partial charge >= 0.3 is 6.03 Å². The fourth-order valence-electron chi connectivity index (χ4n) is 3.64. The first-order valence-electron chi connectivity index (χ1n) is 10.9. The number of aromatic nitrogens is 4. The number of carbonyl (C=O) groups excluding carboxylic acids is 2. The third kappa shape index (κ3) is 5.73. The smallest absolute Gasteiger partial charge is 0.319 e. The predicted molar refractivity (Wildman–Crippen MR) is 124 cm³/mol. The maximum Gasteiger partial charge on any atom is 0.319 e. The maximum atomic E-state index is 12.7. The highest BCUT2D eigenvalue weighted by Gasteiger charge is 2.26. The van der Waals surface area contributed by atoms with E-state index in [9.17, 15) is 25.0 Å². The highest BCUT2D eigenvalue weighted by Crippen LogP contribution is 2.22. The lowest BCUT2D eigenvalue weighted by Gasteiger charge is -2.34.